The summed E-state index contributed by atoms with van der Waals surface area (Å²) in [5.74, 6) is 0. The highest BCUT2D eigenvalue weighted by Gasteiger charge is 2.07. The zero-order valence-electron chi connectivity index (χ0n) is 6.16. The van der Waals surface area contributed by atoms with E-state index >= 15 is 0 Å². The monoisotopic (exact) mass is 141 g/mol. The first-order chi connectivity index (χ1) is 4.79. The SMILES string of the molecule is NC1CC/C=C/[C@@H](O)CC1. The molecule has 10 heavy (non-hydrogen) atoms. The second kappa shape index (κ2) is 3.74. The smallest absolute Gasteiger partial charge is 0.0721 e. The number of hydrogen-bond donors (Lipinski definition) is 2. The van der Waals surface area contributed by atoms with E-state index in [1.54, 1.807) is 0 Å². The predicted molar refractivity (Wildman–Crippen MR) is 41.6 cm³/mol. The van der Waals surface area contributed by atoms with Crippen molar-refractivity contribution in [2.24, 2.45) is 5.73 Å². The molecule has 0 aromatic carbocycles. The maximum absolute atomic E-state index is 9.19. The minimum atomic E-state index is -0.258. The molecule has 0 aromatic rings. The summed E-state index contributed by atoms with van der Waals surface area (Å²) in [7, 11) is 0. The molecule has 0 aliphatic heterocycles. The third-order valence-electron chi connectivity index (χ3n) is 1.90. The zero-order chi connectivity index (χ0) is 7.40. The van der Waals surface area contributed by atoms with Crippen LogP contribution in [0, 0.1) is 0 Å². The molecule has 0 spiro atoms. The molecule has 0 heterocycles. The van der Waals surface area contributed by atoms with Gasteiger partial charge >= 0.3 is 0 Å². The first-order valence-electron chi connectivity index (χ1n) is 3.89. The van der Waals surface area contributed by atoms with Crippen LogP contribution in [0.5, 0.6) is 0 Å². The minimum absolute atomic E-state index is 0.258. The lowest BCUT2D eigenvalue weighted by Crippen LogP contribution is -2.22. The summed E-state index contributed by atoms with van der Waals surface area (Å²) in [6, 6.07) is 0.291. The number of hydrogen-bond acceptors (Lipinski definition) is 2. The third kappa shape index (κ3) is 2.50. The van der Waals surface area contributed by atoms with Crippen molar-refractivity contribution in [2.45, 2.75) is 37.8 Å². The first kappa shape index (κ1) is 7.76. The highest BCUT2D eigenvalue weighted by atomic mass is 16.3. The molecule has 1 aliphatic carbocycles. The summed E-state index contributed by atoms with van der Waals surface area (Å²) in [6.07, 6.45) is 7.46. The lowest BCUT2D eigenvalue weighted by Gasteiger charge is -2.14. The Hall–Kier alpha value is -0.340. The van der Waals surface area contributed by atoms with Gasteiger partial charge < -0.3 is 10.8 Å². The van der Waals surface area contributed by atoms with Crippen LogP contribution in [-0.4, -0.2) is 17.3 Å². The fourth-order valence-electron chi connectivity index (χ4n) is 1.19. The van der Waals surface area contributed by atoms with Gasteiger partial charge in [-0.2, -0.15) is 0 Å². The van der Waals surface area contributed by atoms with E-state index in [4.69, 9.17) is 5.73 Å². The summed E-state index contributed by atoms with van der Waals surface area (Å²) >= 11 is 0. The average molecular weight is 141 g/mol. The van der Waals surface area contributed by atoms with Crippen LogP contribution < -0.4 is 5.73 Å². The summed E-state index contributed by atoms with van der Waals surface area (Å²) < 4.78 is 0. The van der Waals surface area contributed by atoms with Crippen molar-refractivity contribution in [1.29, 1.82) is 0 Å². The van der Waals surface area contributed by atoms with Crippen molar-refractivity contribution < 1.29 is 5.11 Å². The number of aliphatic hydroxyl groups is 1. The van der Waals surface area contributed by atoms with Crippen LogP contribution in [0.1, 0.15) is 25.7 Å². The van der Waals surface area contributed by atoms with Gasteiger partial charge in [0.1, 0.15) is 0 Å². The minimum Gasteiger partial charge on any atom is -0.389 e. The standard InChI is InChI=1S/C8H15NO/c9-7-3-1-2-4-8(10)6-5-7/h2,4,7-8,10H,1,3,5-6,9H2/b4-2+/t7?,8-/m1/s1. The quantitative estimate of drug-likeness (QED) is 0.490. The summed E-state index contributed by atoms with van der Waals surface area (Å²) in [5, 5.41) is 9.19. The number of allylic oxidation sites excluding steroid dienone is 1. The number of aliphatic hydroxyl groups excluding tert-OH is 1. The van der Waals surface area contributed by atoms with Crippen molar-refractivity contribution in [3.63, 3.8) is 0 Å². The Morgan fingerprint density at radius 1 is 1.30 bits per heavy atom. The summed E-state index contributed by atoms with van der Waals surface area (Å²) in [5.41, 5.74) is 5.72. The molecule has 0 aromatic heterocycles. The van der Waals surface area contributed by atoms with Crippen LogP contribution >= 0.6 is 0 Å². The van der Waals surface area contributed by atoms with Gasteiger partial charge in [-0.1, -0.05) is 12.2 Å². The van der Waals surface area contributed by atoms with Crippen LogP contribution in [0.4, 0.5) is 0 Å². The van der Waals surface area contributed by atoms with Crippen molar-refractivity contribution in [2.75, 3.05) is 0 Å². The van der Waals surface area contributed by atoms with Crippen molar-refractivity contribution in [3.05, 3.63) is 12.2 Å². The van der Waals surface area contributed by atoms with E-state index in [1.165, 1.54) is 0 Å². The molecule has 1 rings (SSSR count). The Bertz CT molecular complexity index is 122. The van der Waals surface area contributed by atoms with Crippen LogP contribution in [-0.2, 0) is 0 Å². The molecule has 2 nitrogen and oxygen atoms in total. The second-order valence-electron chi connectivity index (χ2n) is 2.91. The van der Waals surface area contributed by atoms with Gasteiger partial charge in [0.25, 0.3) is 0 Å². The van der Waals surface area contributed by atoms with Crippen LogP contribution in [0.15, 0.2) is 12.2 Å². The normalized spacial score (nSPS) is 38.2. The zero-order valence-corrected chi connectivity index (χ0v) is 6.16. The first-order valence-corrected chi connectivity index (χ1v) is 3.89. The molecule has 1 unspecified atom stereocenters. The molecule has 0 bridgehead atoms. The summed E-state index contributed by atoms with van der Waals surface area (Å²) in [6.45, 7) is 0. The van der Waals surface area contributed by atoms with Gasteiger partial charge in [-0.25, -0.2) is 0 Å². The molecule has 1 aliphatic rings. The molecular formula is C8H15NO. The molecule has 2 atom stereocenters. The summed E-state index contributed by atoms with van der Waals surface area (Å²) in [4.78, 5) is 0. The average Bonchev–Trinajstić information content (AvgIpc) is 1.90. The van der Waals surface area contributed by atoms with Gasteiger partial charge in [0.15, 0.2) is 0 Å². The lowest BCUT2D eigenvalue weighted by atomic mass is 10.0. The van der Waals surface area contributed by atoms with E-state index in [0.717, 1.165) is 25.7 Å². The Morgan fingerprint density at radius 3 is 2.90 bits per heavy atom. The Balaban J connectivity index is 2.38. The molecule has 2 heteroatoms. The second-order valence-corrected chi connectivity index (χ2v) is 2.91. The largest absolute Gasteiger partial charge is 0.389 e. The highest BCUT2D eigenvalue weighted by molar-refractivity contribution is 4.91. The molecule has 0 saturated heterocycles. The molecule has 0 radical (unpaired) electrons. The number of rotatable bonds is 0. The van der Waals surface area contributed by atoms with E-state index in [-0.39, 0.29) is 6.10 Å². The Kier molecular flexibility index (Phi) is 2.90. The van der Waals surface area contributed by atoms with E-state index < -0.39 is 0 Å². The highest BCUT2D eigenvalue weighted by Crippen LogP contribution is 2.10. The van der Waals surface area contributed by atoms with Crippen molar-refractivity contribution in [1.82, 2.24) is 0 Å². The van der Waals surface area contributed by atoms with Gasteiger partial charge in [-0.05, 0) is 25.7 Å². The van der Waals surface area contributed by atoms with Crippen molar-refractivity contribution >= 4 is 0 Å². The molecule has 0 saturated carbocycles. The predicted octanol–water partition coefficient (Wildman–Crippen LogP) is 0.805. The third-order valence-corrected chi connectivity index (χ3v) is 1.90. The van der Waals surface area contributed by atoms with E-state index in [9.17, 15) is 5.11 Å². The molecular weight excluding hydrogens is 126 g/mol. The fourth-order valence-corrected chi connectivity index (χ4v) is 1.19. The molecule has 0 fully saturated rings. The molecule has 58 valence electrons. The lowest BCUT2D eigenvalue weighted by molar-refractivity contribution is 0.202. The topological polar surface area (TPSA) is 46.2 Å². The van der Waals surface area contributed by atoms with E-state index in [1.807, 2.05) is 12.2 Å². The maximum atomic E-state index is 9.19. The van der Waals surface area contributed by atoms with Gasteiger partial charge in [0.05, 0.1) is 6.10 Å². The Morgan fingerprint density at radius 2 is 2.10 bits per heavy atom. The molecule has 3 N–H and O–H groups in total. The van der Waals surface area contributed by atoms with Crippen LogP contribution in [0.2, 0.25) is 0 Å². The Labute approximate surface area is 61.7 Å². The maximum Gasteiger partial charge on any atom is 0.0721 e. The fraction of sp³-hybridized carbons (Fsp3) is 0.750. The van der Waals surface area contributed by atoms with Crippen molar-refractivity contribution in [3.8, 4) is 0 Å². The van der Waals surface area contributed by atoms with Crippen LogP contribution in [0.3, 0.4) is 0 Å². The van der Waals surface area contributed by atoms with E-state index in [2.05, 4.69) is 0 Å². The van der Waals surface area contributed by atoms with Gasteiger partial charge in [-0.3, -0.25) is 0 Å². The van der Waals surface area contributed by atoms with Crippen LogP contribution in [0.25, 0.3) is 0 Å². The van der Waals surface area contributed by atoms with E-state index in [0.29, 0.717) is 6.04 Å². The van der Waals surface area contributed by atoms with Gasteiger partial charge in [-0.15, -0.1) is 0 Å². The van der Waals surface area contributed by atoms with Gasteiger partial charge in [0, 0.05) is 6.04 Å². The van der Waals surface area contributed by atoms with Gasteiger partial charge in [0.2, 0.25) is 0 Å². The molecule has 0 amide bonds. The number of nitrogens with two attached hydrogens (primary N) is 1.